The van der Waals surface area contributed by atoms with Crippen molar-refractivity contribution in [2.75, 3.05) is 20.3 Å². The highest BCUT2D eigenvalue weighted by atomic mass is 79.9. The average Bonchev–Trinajstić information content (AvgIpc) is 2.37. The van der Waals surface area contributed by atoms with E-state index in [4.69, 9.17) is 4.74 Å². The summed E-state index contributed by atoms with van der Waals surface area (Å²) in [5.41, 5.74) is 1.24. The standard InChI is InChI=1S/C14H23BrN2O/c1-4-6-17-14(11(2)5-7-18-3)12-8-13(15)10-16-9-12/h8-11,14,17H,4-7H2,1-3H3. The summed E-state index contributed by atoms with van der Waals surface area (Å²) in [6, 6.07) is 2.48. The molecule has 1 aromatic rings. The van der Waals surface area contributed by atoms with Crippen LogP contribution in [0.4, 0.5) is 0 Å². The first-order chi connectivity index (χ1) is 8.69. The molecular weight excluding hydrogens is 292 g/mol. The van der Waals surface area contributed by atoms with Crippen LogP contribution in [-0.2, 0) is 4.74 Å². The maximum Gasteiger partial charge on any atom is 0.0465 e. The third-order valence-electron chi connectivity index (χ3n) is 3.05. The lowest BCUT2D eigenvalue weighted by atomic mass is 9.93. The zero-order valence-corrected chi connectivity index (χ0v) is 13.0. The monoisotopic (exact) mass is 314 g/mol. The van der Waals surface area contributed by atoms with Crippen molar-refractivity contribution in [1.82, 2.24) is 10.3 Å². The van der Waals surface area contributed by atoms with Crippen molar-refractivity contribution in [3.05, 3.63) is 28.5 Å². The first kappa shape index (κ1) is 15.6. The average molecular weight is 315 g/mol. The minimum atomic E-state index is 0.338. The quantitative estimate of drug-likeness (QED) is 0.796. The predicted octanol–water partition coefficient (Wildman–Crippen LogP) is 3.56. The summed E-state index contributed by atoms with van der Waals surface area (Å²) in [5.74, 6) is 0.521. The fourth-order valence-corrected chi connectivity index (χ4v) is 2.40. The number of ether oxygens (including phenoxy) is 1. The molecule has 0 bridgehead atoms. The largest absolute Gasteiger partial charge is 0.385 e. The molecular formula is C14H23BrN2O. The van der Waals surface area contributed by atoms with Crippen molar-refractivity contribution in [2.45, 2.75) is 32.7 Å². The Morgan fingerprint density at radius 3 is 2.83 bits per heavy atom. The molecule has 0 fully saturated rings. The van der Waals surface area contributed by atoms with Crippen LogP contribution in [0.25, 0.3) is 0 Å². The van der Waals surface area contributed by atoms with Crippen molar-refractivity contribution >= 4 is 15.9 Å². The zero-order valence-electron chi connectivity index (χ0n) is 11.4. The normalized spacial score (nSPS) is 14.4. The van der Waals surface area contributed by atoms with Crippen molar-refractivity contribution in [2.24, 2.45) is 5.92 Å². The molecule has 0 radical (unpaired) electrons. The number of nitrogens with zero attached hydrogens (tertiary/aromatic N) is 1. The van der Waals surface area contributed by atoms with Gasteiger partial charge < -0.3 is 10.1 Å². The van der Waals surface area contributed by atoms with Gasteiger partial charge in [0, 0.05) is 36.6 Å². The number of halogens is 1. The zero-order chi connectivity index (χ0) is 13.4. The highest BCUT2D eigenvalue weighted by Gasteiger charge is 2.18. The van der Waals surface area contributed by atoms with Crippen LogP contribution in [0.2, 0.25) is 0 Å². The first-order valence-electron chi connectivity index (χ1n) is 6.51. The number of aromatic nitrogens is 1. The van der Waals surface area contributed by atoms with Crippen LogP contribution in [0.1, 0.15) is 38.3 Å². The smallest absolute Gasteiger partial charge is 0.0465 e. The molecule has 0 aliphatic heterocycles. The number of nitrogens with one attached hydrogen (secondary N) is 1. The Kier molecular flexibility index (Phi) is 7.47. The van der Waals surface area contributed by atoms with E-state index in [-0.39, 0.29) is 0 Å². The molecule has 0 aliphatic carbocycles. The fourth-order valence-electron chi connectivity index (χ4n) is 2.02. The predicted molar refractivity (Wildman–Crippen MR) is 78.6 cm³/mol. The number of rotatable bonds is 8. The minimum absolute atomic E-state index is 0.338. The fraction of sp³-hybridized carbons (Fsp3) is 0.643. The highest BCUT2D eigenvalue weighted by molar-refractivity contribution is 9.10. The second-order valence-electron chi connectivity index (χ2n) is 4.63. The van der Waals surface area contributed by atoms with Crippen molar-refractivity contribution in [1.29, 1.82) is 0 Å². The van der Waals surface area contributed by atoms with E-state index in [0.29, 0.717) is 12.0 Å². The molecule has 18 heavy (non-hydrogen) atoms. The van der Waals surface area contributed by atoms with Gasteiger partial charge in [-0.2, -0.15) is 0 Å². The summed E-state index contributed by atoms with van der Waals surface area (Å²) >= 11 is 3.49. The van der Waals surface area contributed by atoms with Crippen LogP contribution in [0, 0.1) is 5.92 Å². The Morgan fingerprint density at radius 1 is 1.44 bits per heavy atom. The van der Waals surface area contributed by atoms with Gasteiger partial charge in [0.05, 0.1) is 0 Å². The van der Waals surface area contributed by atoms with E-state index in [1.807, 2.05) is 12.4 Å². The molecule has 1 rings (SSSR count). The SMILES string of the molecule is CCCNC(c1cncc(Br)c1)C(C)CCOC. The molecule has 1 aromatic heterocycles. The van der Waals surface area contributed by atoms with Crippen molar-refractivity contribution in [3.8, 4) is 0 Å². The lowest BCUT2D eigenvalue weighted by Crippen LogP contribution is -2.28. The van der Waals surface area contributed by atoms with E-state index in [0.717, 1.165) is 30.5 Å². The highest BCUT2D eigenvalue weighted by Crippen LogP contribution is 2.25. The summed E-state index contributed by atoms with van der Waals surface area (Å²) in [7, 11) is 1.75. The molecule has 0 aromatic carbocycles. The van der Waals surface area contributed by atoms with Crippen molar-refractivity contribution < 1.29 is 4.74 Å². The van der Waals surface area contributed by atoms with Crippen LogP contribution < -0.4 is 5.32 Å². The molecule has 0 saturated carbocycles. The maximum atomic E-state index is 5.17. The van der Waals surface area contributed by atoms with Gasteiger partial charge in [0.1, 0.15) is 0 Å². The third kappa shape index (κ3) is 5.04. The van der Waals surface area contributed by atoms with Gasteiger partial charge in [-0.3, -0.25) is 4.98 Å². The Bertz CT molecular complexity index is 346. The Morgan fingerprint density at radius 2 is 2.22 bits per heavy atom. The molecule has 1 N–H and O–H groups in total. The Hall–Kier alpha value is -0.450. The summed E-state index contributed by atoms with van der Waals surface area (Å²) in [5, 5.41) is 3.61. The van der Waals surface area contributed by atoms with E-state index in [1.54, 1.807) is 7.11 Å². The number of methoxy groups -OCH3 is 1. The summed E-state index contributed by atoms with van der Waals surface area (Å²) in [4.78, 5) is 4.26. The van der Waals surface area contributed by atoms with E-state index >= 15 is 0 Å². The van der Waals surface area contributed by atoms with E-state index in [2.05, 4.69) is 46.1 Å². The lowest BCUT2D eigenvalue weighted by Gasteiger charge is -2.25. The van der Waals surface area contributed by atoms with E-state index in [9.17, 15) is 0 Å². The van der Waals surface area contributed by atoms with Gasteiger partial charge in [-0.05, 0) is 52.9 Å². The molecule has 2 unspecified atom stereocenters. The lowest BCUT2D eigenvalue weighted by molar-refractivity contribution is 0.170. The molecule has 0 spiro atoms. The van der Waals surface area contributed by atoms with Crippen LogP contribution >= 0.6 is 15.9 Å². The number of pyridine rings is 1. The topological polar surface area (TPSA) is 34.2 Å². The van der Waals surface area contributed by atoms with Gasteiger partial charge in [0.15, 0.2) is 0 Å². The molecule has 0 amide bonds. The first-order valence-corrected chi connectivity index (χ1v) is 7.31. The van der Waals surface area contributed by atoms with Gasteiger partial charge in [0.25, 0.3) is 0 Å². The van der Waals surface area contributed by atoms with Crippen LogP contribution in [0.15, 0.2) is 22.9 Å². The second kappa shape index (κ2) is 8.62. The molecule has 102 valence electrons. The van der Waals surface area contributed by atoms with Gasteiger partial charge in [-0.25, -0.2) is 0 Å². The molecule has 0 aliphatic rings. The summed E-state index contributed by atoms with van der Waals surface area (Å²) in [6.45, 7) is 6.26. The summed E-state index contributed by atoms with van der Waals surface area (Å²) in [6.07, 6.45) is 5.95. The molecule has 4 heteroatoms. The maximum absolute atomic E-state index is 5.17. The van der Waals surface area contributed by atoms with Crippen LogP contribution in [0.3, 0.4) is 0 Å². The molecule has 2 atom stereocenters. The van der Waals surface area contributed by atoms with Gasteiger partial charge in [0.2, 0.25) is 0 Å². The molecule has 1 heterocycles. The van der Waals surface area contributed by atoms with Crippen LogP contribution in [-0.4, -0.2) is 25.2 Å². The van der Waals surface area contributed by atoms with Gasteiger partial charge in [-0.1, -0.05) is 13.8 Å². The van der Waals surface area contributed by atoms with E-state index in [1.165, 1.54) is 5.56 Å². The molecule has 3 nitrogen and oxygen atoms in total. The minimum Gasteiger partial charge on any atom is -0.385 e. The number of hydrogen-bond donors (Lipinski definition) is 1. The van der Waals surface area contributed by atoms with Gasteiger partial charge >= 0.3 is 0 Å². The van der Waals surface area contributed by atoms with Crippen LogP contribution in [0.5, 0.6) is 0 Å². The Labute approximate surface area is 118 Å². The second-order valence-corrected chi connectivity index (χ2v) is 5.54. The molecule has 0 saturated heterocycles. The van der Waals surface area contributed by atoms with Gasteiger partial charge in [-0.15, -0.1) is 0 Å². The Balaban J connectivity index is 2.76. The third-order valence-corrected chi connectivity index (χ3v) is 3.48. The van der Waals surface area contributed by atoms with Crippen molar-refractivity contribution in [3.63, 3.8) is 0 Å². The van der Waals surface area contributed by atoms with E-state index < -0.39 is 0 Å². The number of hydrogen-bond acceptors (Lipinski definition) is 3. The summed E-state index contributed by atoms with van der Waals surface area (Å²) < 4.78 is 6.20.